The van der Waals surface area contributed by atoms with Gasteiger partial charge in [-0.2, -0.15) is 5.26 Å². The van der Waals surface area contributed by atoms with E-state index in [1.165, 1.54) is 0 Å². The maximum atomic E-state index is 12.6. The molecule has 1 unspecified atom stereocenters. The minimum atomic E-state index is -0.974. The van der Waals surface area contributed by atoms with Crippen LogP contribution in [0, 0.1) is 22.7 Å². The van der Waals surface area contributed by atoms with Gasteiger partial charge < -0.3 is 15.4 Å². The fourth-order valence-corrected chi connectivity index (χ4v) is 2.79. The Labute approximate surface area is 112 Å². The molecule has 2 amide bonds. The standard InChI is InChI=1S/C13H19N3O3/c14-9-13(3-6-19-7-4-13)12(18)16-5-1-2-10(8-16)11(15)17/h10H,1-8H2,(H2,15,17). The molecule has 2 aliphatic heterocycles. The number of amides is 2. The first kappa shape index (κ1) is 13.8. The van der Waals surface area contributed by atoms with Gasteiger partial charge in [0.25, 0.3) is 0 Å². The first-order chi connectivity index (χ1) is 9.09. The van der Waals surface area contributed by atoms with E-state index in [0.29, 0.717) is 39.1 Å². The average molecular weight is 265 g/mol. The van der Waals surface area contributed by atoms with E-state index in [9.17, 15) is 14.9 Å². The second-order valence-corrected chi connectivity index (χ2v) is 5.30. The van der Waals surface area contributed by atoms with Crippen LogP contribution in [0.15, 0.2) is 0 Å². The molecule has 2 heterocycles. The molecule has 2 aliphatic rings. The van der Waals surface area contributed by atoms with Crippen LogP contribution in [0.3, 0.4) is 0 Å². The molecule has 2 rings (SSSR count). The molecule has 2 fully saturated rings. The summed E-state index contributed by atoms with van der Waals surface area (Å²) in [6, 6.07) is 2.17. The van der Waals surface area contributed by atoms with Crippen molar-refractivity contribution < 1.29 is 14.3 Å². The van der Waals surface area contributed by atoms with Crippen LogP contribution in [0.25, 0.3) is 0 Å². The fraction of sp³-hybridized carbons (Fsp3) is 0.769. The SMILES string of the molecule is N#CC1(C(=O)N2CCCC(C(N)=O)C2)CCOCC1. The Morgan fingerprint density at radius 3 is 2.63 bits per heavy atom. The minimum absolute atomic E-state index is 0.163. The van der Waals surface area contributed by atoms with E-state index >= 15 is 0 Å². The molecule has 0 aromatic rings. The Balaban J connectivity index is 2.09. The molecule has 0 spiro atoms. The molecule has 2 N–H and O–H groups in total. The van der Waals surface area contributed by atoms with Crippen molar-refractivity contribution in [1.82, 2.24) is 4.90 Å². The summed E-state index contributed by atoms with van der Waals surface area (Å²) < 4.78 is 5.23. The van der Waals surface area contributed by atoms with Crippen LogP contribution in [-0.2, 0) is 14.3 Å². The quantitative estimate of drug-likeness (QED) is 0.761. The van der Waals surface area contributed by atoms with E-state index in [1.807, 2.05) is 0 Å². The minimum Gasteiger partial charge on any atom is -0.381 e. The lowest BCUT2D eigenvalue weighted by molar-refractivity contribution is -0.146. The van der Waals surface area contributed by atoms with Crippen molar-refractivity contribution in [3.8, 4) is 6.07 Å². The second-order valence-electron chi connectivity index (χ2n) is 5.30. The Morgan fingerprint density at radius 2 is 2.05 bits per heavy atom. The van der Waals surface area contributed by atoms with Crippen molar-refractivity contribution in [1.29, 1.82) is 5.26 Å². The lowest BCUT2D eigenvalue weighted by Gasteiger charge is -2.38. The summed E-state index contributed by atoms with van der Waals surface area (Å²) in [5.74, 6) is -0.812. The molecule has 0 radical (unpaired) electrons. The van der Waals surface area contributed by atoms with E-state index in [0.717, 1.165) is 12.8 Å². The Kier molecular flexibility index (Phi) is 4.05. The predicted octanol–water partition coefficient (Wildman–Crippen LogP) is 0.0307. The number of carbonyl (C=O) groups is 2. The number of hydrogen-bond acceptors (Lipinski definition) is 4. The zero-order chi connectivity index (χ0) is 13.9. The number of hydrogen-bond donors (Lipinski definition) is 1. The molecule has 2 saturated heterocycles. The summed E-state index contributed by atoms with van der Waals surface area (Å²) in [6.45, 7) is 1.82. The first-order valence-electron chi connectivity index (χ1n) is 6.67. The van der Waals surface area contributed by atoms with E-state index in [2.05, 4.69) is 6.07 Å². The Hall–Kier alpha value is -1.61. The summed E-state index contributed by atoms with van der Waals surface area (Å²) in [7, 11) is 0. The maximum Gasteiger partial charge on any atom is 0.243 e. The summed E-state index contributed by atoms with van der Waals surface area (Å²) in [4.78, 5) is 25.4. The highest BCUT2D eigenvalue weighted by Crippen LogP contribution is 2.33. The highest BCUT2D eigenvalue weighted by molar-refractivity contribution is 5.86. The normalized spacial score (nSPS) is 26.5. The van der Waals surface area contributed by atoms with Gasteiger partial charge in [0, 0.05) is 26.3 Å². The zero-order valence-corrected chi connectivity index (χ0v) is 10.9. The smallest absolute Gasteiger partial charge is 0.243 e. The van der Waals surface area contributed by atoms with Crippen LogP contribution in [0.2, 0.25) is 0 Å². The number of rotatable bonds is 2. The highest BCUT2D eigenvalue weighted by atomic mass is 16.5. The fourth-order valence-electron chi connectivity index (χ4n) is 2.79. The van der Waals surface area contributed by atoms with Crippen LogP contribution in [-0.4, -0.2) is 43.0 Å². The van der Waals surface area contributed by atoms with Crippen LogP contribution in [0.1, 0.15) is 25.7 Å². The van der Waals surface area contributed by atoms with Gasteiger partial charge in [0.05, 0.1) is 12.0 Å². The van der Waals surface area contributed by atoms with Gasteiger partial charge in [-0.1, -0.05) is 0 Å². The molecular weight excluding hydrogens is 246 g/mol. The second kappa shape index (κ2) is 5.57. The molecule has 104 valence electrons. The molecule has 6 nitrogen and oxygen atoms in total. The van der Waals surface area contributed by atoms with Gasteiger partial charge in [-0.05, 0) is 25.7 Å². The molecular formula is C13H19N3O3. The van der Waals surface area contributed by atoms with Crippen LogP contribution < -0.4 is 5.73 Å². The molecule has 19 heavy (non-hydrogen) atoms. The Morgan fingerprint density at radius 1 is 1.37 bits per heavy atom. The van der Waals surface area contributed by atoms with Crippen LogP contribution in [0.4, 0.5) is 0 Å². The van der Waals surface area contributed by atoms with Crippen molar-refractivity contribution in [3.05, 3.63) is 0 Å². The number of carbonyl (C=O) groups excluding carboxylic acids is 2. The van der Waals surface area contributed by atoms with E-state index in [-0.39, 0.29) is 17.7 Å². The van der Waals surface area contributed by atoms with E-state index in [1.54, 1.807) is 4.90 Å². The molecule has 0 saturated carbocycles. The summed E-state index contributed by atoms with van der Waals surface area (Å²) >= 11 is 0. The van der Waals surface area contributed by atoms with Gasteiger partial charge in [-0.15, -0.1) is 0 Å². The average Bonchev–Trinajstić information content (AvgIpc) is 2.47. The third kappa shape index (κ3) is 2.71. The van der Waals surface area contributed by atoms with Crippen molar-refractivity contribution >= 4 is 11.8 Å². The maximum absolute atomic E-state index is 12.6. The van der Waals surface area contributed by atoms with Gasteiger partial charge >= 0.3 is 0 Å². The highest BCUT2D eigenvalue weighted by Gasteiger charge is 2.44. The largest absolute Gasteiger partial charge is 0.381 e. The lowest BCUT2D eigenvalue weighted by atomic mass is 9.79. The topological polar surface area (TPSA) is 96.4 Å². The van der Waals surface area contributed by atoms with Crippen LogP contribution in [0.5, 0.6) is 0 Å². The summed E-state index contributed by atoms with van der Waals surface area (Å²) in [6.07, 6.45) is 2.35. The third-order valence-electron chi connectivity index (χ3n) is 4.08. The van der Waals surface area contributed by atoms with Gasteiger partial charge in [0.2, 0.25) is 11.8 Å². The number of nitrogens with two attached hydrogens (primary N) is 1. The predicted molar refractivity (Wildman–Crippen MR) is 66.6 cm³/mol. The number of primary amides is 1. The van der Waals surface area contributed by atoms with Crippen LogP contribution >= 0.6 is 0 Å². The Bertz CT molecular complexity index is 410. The van der Waals surface area contributed by atoms with Gasteiger partial charge in [-0.3, -0.25) is 9.59 Å². The van der Waals surface area contributed by atoms with Crippen molar-refractivity contribution in [2.24, 2.45) is 17.1 Å². The summed E-state index contributed by atoms with van der Waals surface area (Å²) in [5.41, 5.74) is 4.34. The zero-order valence-electron chi connectivity index (χ0n) is 10.9. The number of ether oxygens (including phenoxy) is 1. The van der Waals surface area contributed by atoms with Gasteiger partial charge in [0.15, 0.2) is 0 Å². The lowest BCUT2D eigenvalue weighted by Crippen LogP contribution is -2.51. The first-order valence-corrected chi connectivity index (χ1v) is 6.67. The third-order valence-corrected chi connectivity index (χ3v) is 4.08. The number of piperidine rings is 1. The number of nitrogens with zero attached hydrogens (tertiary/aromatic N) is 2. The monoisotopic (exact) mass is 265 g/mol. The van der Waals surface area contributed by atoms with Crippen molar-refractivity contribution in [2.75, 3.05) is 26.3 Å². The van der Waals surface area contributed by atoms with Crippen molar-refractivity contribution in [3.63, 3.8) is 0 Å². The van der Waals surface area contributed by atoms with Gasteiger partial charge in [-0.25, -0.2) is 0 Å². The molecule has 0 aromatic carbocycles. The summed E-state index contributed by atoms with van der Waals surface area (Å²) in [5, 5.41) is 9.37. The van der Waals surface area contributed by atoms with E-state index < -0.39 is 5.41 Å². The molecule has 0 aromatic heterocycles. The number of likely N-dealkylation sites (tertiary alicyclic amines) is 1. The van der Waals surface area contributed by atoms with Gasteiger partial charge in [0.1, 0.15) is 5.41 Å². The van der Waals surface area contributed by atoms with Crippen molar-refractivity contribution in [2.45, 2.75) is 25.7 Å². The molecule has 1 atom stereocenters. The molecule has 6 heteroatoms. The van der Waals surface area contributed by atoms with E-state index in [4.69, 9.17) is 10.5 Å². The molecule has 0 aliphatic carbocycles. The number of nitriles is 1. The molecule has 0 bridgehead atoms.